The maximum atomic E-state index is 9.20. The lowest BCUT2D eigenvalue weighted by Gasteiger charge is -2.05. The van der Waals surface area contributed by atoms with Gasteiger partial charge in [0.05, 0.1) is 30.6 Å². The quantitative estimate of drug-likeness (QED) is 0.524. The van der Waals surface area contributed by atoms with E-state index in [1.54, 1.807) is 17.1 Å². The third-order valence-corrected chi connectivity index (χ3v) is 4.66. The second-order valence-corrected chi connectivity index (χ2v) is 6.54. The van der Waals surface area contributed by atoms with Crippen molar-refractivity contribution < 1.29 is 5.11 Å². The Balaban J connectivity index is 1.51. The first-order chi connectivity index (χ1) is 13.8. The summed E-state index contributed by atoms with van der Waals surface area (Å²) in [5.74, 6) is 0. The van der Waals surface area contributed by atoms with Gasteiger partial charge in [-0.25, -0.2) is 14.6 Å². The van der Waals surface area contributed by atoms with Crippen LogP contribution in [0.1, 0.15) is 11.1 Å². The molecule has 0 aliphatic carbocycles. The molecule has 0 amide bonds. The molecule has 0 saturated carbocycles. The van der Waals surface area contributed by atoms with Crippen LogP contribution in [0.3, 0.4) is 0 Å². The normalized spacial score (nSPS) is 11.3. The summed E-state index contributed by atoms with van der Waals surface area (Å²) < 4.78 is 1.76. The molecule has 7 nitrogen and oxygen atoms in total. The number of nitrogens with zero attached hydrogens (tertiary/aromatic N) is 6. The average molecular weight is 368 g/mol. The topological polar surface area (TPSA) is 89.6 Å². The predicted molar refractivity (Wildman–Crippen MR) is 105 cm³/mol. The van der Waals surface area contributed by atoms with E-state index in [0.29, 0.717) is 17.8 Å². The molecule has 5 rings (SSSR count). The second kappa shape index (κ2) is 6.79. The zero-order valence-electron chi connectivity index (χ0n) is 14.9. The van der Waals surface area contributed by atoms with E-state index < -0.39 is 0 Å². The first kappa shape index (κ1) is 16.5. The van der Waals surface area contributed by atoms with Crippen LogP contribution in [0.15, 0.2) is 67.0 Å². The SMILES string of the molecule is OCc1ccc(-c2cnc3nnn(Cc4ccc5ncccc5c4)c3n2)cc1. The summed E-state index contributed by atoms with van der Waals surface area (Å²) in [6.45, 7) is 0.561. The lowest BCUT2D eigenvalue weighted by atomic mass is 10.1. The largest absolute Gasteiger partial charge is 0.392 e. The van der Waals surface area contributed by atoms with Crippen molar-refractivity contribution in [2.45, 2.75) is 13.2 Å². The first-order valence-corrected chi connectivity index (χ1v) is 8.90. The minimum absolute atomic E-state index is 0.0168. The second-order valence-electron chi connectivity index (χ2n) is 6.54. The van der Waals surface area contributed by atoms with Gasteiger partial charge in [-0.15, -0.1) is 5.10 Å². The molecule has 1 N–H and O–H groups in total. The van der Waals surface area contributed by atoms with Gasteiger partial charge in [0.1, 0.15) is 0 Å². The molecule has 0 unspecified atom stereocenters. The van der Waals surface area contributed by atoms with E-state index in [1.807, 2.05) is 48.5 Å². The highest BCUT2D eigenvalue weighted by Gasteiger charge is 2.11. The Kier molecular flexibility index (Phi) is 3.99. The van der Waals surface area contributed by atoms with Crippen LogP contribution < -0.4 is 0 Å². The summed E-state index contributed by atoms with van der Waals surface area (Å²) in [4.78, 5) is 13.5. The molecule has 0 aliphatic rings. The monoisotopic (exact) mass is 368 g/mol. The lowest BCUT2D eigenvalue weighted by molar-refractivity contribution is 0.282. The summed E-state index contributed by atoms with van der Waals surface area (Å²) in [5.41, 5.74) is 5.72. The molecule has 5 aromatic rings. The maximum Gasteiger partial charge on any atom is 0.221 e. The van der Waals surface area contributed by atoms with E-state index in [1.165, 1.54) is 0 Å². The fourth-order valence-electron chi connectivity index (χ4n) is 3.18. The molecule has 0 fully saturated rings. The van der Waals surface area contributed by atoms with Gasteiger partial charge in [-0.2, -0.15) is 0 Å². The number of benzene rings is 2. The van der Waals surface area contributed by atoms with Crippen LogP contribution in [-0.4, -0.2) is 35.1 Å². The third-order valence-electron chi connectivity index (χ3n) is 4.66. The minimum Gasteiger partial charge on any atom is -0.392 e. The number of fused-ring (bicyclic) bond motifs is 2. The molecule has 0 saturated heterocycles. The molecule has 28 heavy (non-hydrogen) atoms. The minimum atomic E-state index is 0.0168. The van der Waals surface area contributed by atoms with Crippen molar-refractivity contribution in [2.24, 2.45) is 0 Å². The Morgan fingerprint density at radius 2 is 1.79 bits per heavy atom. The summed E-state index contributed by atoms with van der Waals surface area (Å²) in [6.07, 6.45) is 3.48. The van der Waals surface area contributed by atoms with Crippen LogP contribution in [0, 0.1) is 0 Å². The van der Waals surface area contributed by atoms with Crippen LogP contribution in [0.25, 0.3) is 33.5 Å². The van der Waals surface area contributed by atoms with Crippen LogP contribution in [0.5, 0.6) is 0 Å². The molecule has 0 radical (unpaired) electrons. The molecule has 0 spiro atoms. The molecule has 3 aromatic heterocycles. The van der Waals surface area contributed by atoms with Gasteiger partial charge >= 0.3 is 0 Å². The zero-order valence-corrected chi connectivity index (χ0v) is 14.9. The lowest BCUT2D eigenvalue weighted by Crippen LogP contribution is -2.03. The van der Waals surface area contributed by atoms with Gasteiger partial charge in [0.25, 0.3) is 0 Å². The Hall–Kier alpha value is -3.71. The van der Waals surface area contributed by atoms with Crippen LogP contribution >= 0.6 is 0 Å². The van der Waals surface area contributed by atoms with Crippen molar-refractivity contribution in [3.05, 3.63) is 78.1 Å². The van der Waals surface area contributed by atoms with Crippen molar-refractivity contribution in [1.29, 1.82) is 0 Å². The molecule has 0 aliphatic heterocycles. The molecular weight excluding hydrogens is 352 g/mol. The maximum absolute atomic E-state index is 9.20. The Bertz CT molecular complexity index is 1280. The molecule has 3 heterocycles. The van der Waals surface area contributed by atoms with Gasteiger partial charge in [0, 0.05) is 17.1 Å². The van der Waals surface area contributed by atoms with Crippen molar-refractivity contribution in [1.82, 2.24) is 29.9 Å². The molecule has 7 heteroatoms. The number of aliphatic hydroxyl groups is 1. The van der Waals surface area contributed by atoms with Gasteiger partial charge in [-0.1, -0.05) is 41.6 Å². The van der Waals surface area contributed by atoms with Gasteiger partial charge in [0.2, 0.25) is 5.65 Å². The number of hydrogen-bond donors (Lipinski definition) is 1. The fourth-order valence-corrected chi connectivity index (χ4v) is 3.18. The third kappa shape index (κ3) is 2.97. The summed E-state index contributed by atoms with van der Waals surface area (Å²) in [6, 6.07) is 17.7. The fraction of sp³-hybridized carbons (Fsp3) is 0.0952. The highest BCUT2D eigenvalue weighted by Crippen LogP contribution is 2.20. The van der Waals surface area contributed by atoms with Gasteiger partial charge in [-0.3, -0.25) is 4.98 Å². The predicted octanol–water partition coefficient (Wildman–Crippen LogP) is 2.98. The molecule has 136 valence electrons. The highest BCUT2D eigenvalue weighted by molar-refractivity contribution is 5.79. The zero-order chi connectivity index (χ0) is 18.9. The van der Waals surface area contributed by atoms with Crippen molar-refractivity contribution in [3.8, 4) is 11.3 Å². The first-order valence-electron chi connectivity index (χ1n) is 8.90. The van der Waals surface area contributed by atoms with Crippen molar-refractivity contribution in [3.63, 3.8) is 0 Å². The molecular formula is C21H16N6O. The summed E-state index contributed by atoms with van der Waals surface area (Å²) in [7, 11) is 0. The van der Waals surface area contributed by atoms with Crippen molar-refractivity contribution in [2.75, 3.05) is 0 Å². The van der Waals surface area contributed by atoms with Crippen LogP contribution in [0.4, 0.5) is 0 Å². The number of aromatic nitrogens is 6. The molecule has 2 aromatic carbocycles. The Morgan fingerprint density at radius 3 is 2.64 bits per heavy atom. The Morgan fingerprint density at radius 1 is 0.929 bits per heavy atom. The molecule has 0 bridgehead atoms. The van der Waals surface area contributed by atoms with E-state index in [2.05, 4.69) is 26.3 Å². The smallest absolute Gasteiger partial charge is 0.221 e. The van der Waals surface area contributed by atoms with Gasteiger partial charge in [0.15, 0.2) is 5.65 Å². The van der Waals surface area contributed by atoms with Crippen LogP contribution in [-0.2, 0) is 13.2 Å². The van der Waals surface area contributed by atoms with Crippen molar-refractivity contribution >= 4 is 22.2 Å². The van der Waals surface area contributed by atoms with E-state index >= 15 is 0 Å². The average Bonchev–Trinajstić information content (AvgIpc) is 3.16. The Labute approximate surface area is 160 Å². The van der Waals surface area contributed by atoms with Gasteiger partial charge in [-0.05, 0) is 29.3 Å². The standard InChI is InChI=1S/C21H16N6O/c28-13-14-3-6-16(7-4-14)19-11-23-20-21(24-19)27(26-25-20)12-15-5-8-18-17(10-15)2-1-9-22-18/h1-11,28H,12-13H2. The number of rotatable bonds is 4. The number of hydrogen-bond acceptors (Lipinski definition) is 6. The van der Waals surface area contributed by atoms with E-state index in [-0.39, 0.29) is 6.61 Å². The van der Waals surface area contributed by atoms with E-state index in [9.17, 15) is 5.11 Å². The van der Waals surface area contributed by atoms with E-state index in [0.717, 1.165) is 33.3 Å². The summed E-state index contributed by atoms with van der Waals surface area (Å²) >= 11 is 0. The highest BCUT2D eigenvalue weighted by atomic mass is 16.3. The van der Waals surface area contributed by atoms with Gasteiger partial charge < -0.3 is 5.11 Å². The number of pyridine rings is 1. The molecule has 0 atom stereocenters. The number of aliphatic hydroxyl groups excluding tert-OH is 1. The van der Waals surface area contributed by atoms with Crippen LogP contribution in [0.2, 0.25) is 0 Å². The van der Waals surface area contributed by atoms with E-state index in [4.69, 9.17) is 4.98 Å². The summed E-state index contributed by atoms with van der Waals surface area (Å²) in [5, 5.41) is 18.6.